The summed E-state index contributed by atoms with van der Waals surface area (Å²) in [5.41, 5.74) is 3.74. The van der Waals surface area contributed by atoms with Crippen molar-refractivity contribution in [3.63, 3.8) is 0 Å². The summed E-state index contributed by atoms with van der Waals surface area (Å²) in [4.78, 5) is 27.6. The number of piperidine rings is 1. The second-order valence-electron chi connectivity index (χ2n) is 8.78. The molecule has 0 unspecified atom stereocenters. The summed E-state index contributed by atoms with van der Waals surface area (Å²) in [6.45, 7) is 5.09. The second kappa shape index (κ2) is 7.93. The molecule has 1 amide bonds. The van der Waals surface area contributed by atoms with E-state index in [1.165, 1.54) is 0 Å². The lowest BCUT2D eigenvalue weighted by Crippen LogP contribution is -2.46. The van der Waals surface area contributed by atoms with Crippen molar-refractivity contribution in [2.24, 2.45) is 13.0 Å². The number of hydrogen-bond donors (Lipinski definition) is 0. The normalized spacial score (nSPS) is 20.7. The van der Waals surface area contributed by atoms with Crippen molar-refractivity contribution < 1.29 is 18.8 Å². The van der Waals surface area contributed by atoms with Gasteiger partial charge < -0.3 is 14.2 Å². The summed E-state index contributed by atoms with van der Waals surface area (Å²) in [6.07, 6.45) is 3.61. The molecule has 0 N–H and O–H groups in total. The van der Waals surface area contributed by atoms with Gasteiger partial charge in [0.2, 0.25) is 0 Å². The molecule has 8 heteroatoms. The van der Waals surface area contributed by atoms with Crippen molar-refractivity contribution in [2.75, 3.05) is 13.1 Å². The number of aromatic nitrogens is 3. The molecule has 1 saturated heterocycles. The van der Waals surface area contributed by atoms with Gasteiger partial charge in [-0.3, -0.25) is 14.3 Å². The van der Waals surface area contributed by atoms with Crippen LogP contribution in [0.5, 0.6) is 5.75 Å². The fourth-order valence-corrected chi connectivity index (χ4v) is 4.63. The number of aryl methyl sites for hydroxylation is 2. The Hall–Kier alpha value is -3.42. The van der Waals surface area contributed by atoms with Gasteiger partial charge in [-0.05, 0) is 38.8 Å². The summed E-state index contributed by atoms with van der Waals surface area (Å²) < 4.78 is 13.4. The first-order valence-corrected chi connectivity index (χ1v) is 11.0. The Kier molecular flexibility index (Phi) is 5.07. The minimum absolute atomic E-state index is 0.0954. The van der Waals surface area contributed by atoms with Crippen molar-refractivity contribution >= 4 is 11.7 Å². The van der Waals surface area contributed by atoms with Crippen molar-refractivity contribution in [2.45, 2.75) is 39.2 Å². The molecule has 2 atom stereocenters. The molecule has 5 rings (SSSR count). The average Bonchev–Trinajstić information content (AvgIpc) is 3.41. The predicted octanol–water partition coefficient (Wildman–Crippen LogP) is 3.58. The van der Waals surface area contributed by atoms with Crippen LogP contribution in [0.2, 0.25) is 0 Å². The summed E-state index contributed by atoms with van der Waals surface area (Å²) in [5.74, 6) is 1.22. The fraction of sp³-hybridized carbons (Fsp3) is 0.417. The van der Waals surface area contributed by atoms with Crippen LogP contribution in [0, 0.1) is 19.8 Å². The number of benzene rings is 1. The first-order valence-electron chi connectivity index (χ1n) is 11.0. The van der Waals surface area contributed by atoms with E-state index in [-0.39, 0.29) is 29.4 Å². The molecule has 0 bridgehead atoms. The Bertz CT molecular complexity index is 1190. The number of ether oxygens (including phenoxy) is 1. The van der Waals surface area contributed by atoms with E-state index in [4.69, 9.17) is 9.26 Å². The van der Waals surface area contributed by atoms with Crippen LogP contribution in [-0.2, 0) is 7.05 Å². The molecule has 4 heterocycles. The summed E-state index contributed by atoms with van der Waals surface area (Å²) in [5, 5.41) is 8.23. The van der Waals surface area contributed by atoms with Crippen LogP contribution >= 0.6 is 0 Å². The van der Waals surface area contributed by atoms with Gasteiger partial charge in [0.1, 0.15) is 11.9 Å². The third kappa shape index (κ3) is 3.59. The summed E-state index contributed by atoms with van der Waals surface area (Å²) >= 11 is 0. The smallest absolute Gasteiger partial charge is 0.276 e. The van der Waals surface area contributed by atoms with Gasteiger partial charge in [-0.1, -0.05) is 16.8 Å². The maximum absolute atomic E-state index is 13.1. The Morgan fingerprint density at radius 3 is 2.81 bits per heavy atom. The number of carbonyl (C=O) groups is 2. The van der Waals surface area contributed by atoms with Gasteiger partial charge in [-0.15, -0.1) is 0 Å². The van der Waals surface area contributed by atoms with E-state index < -0.39 is 0 Å². The maximum Gasteiger partial charge on any atom is 0.276 e. The third-order valence-electron chi connectivity index (χ3n) is 6.60. The zero-order valence-corrected chi connectivity index (χ0v) is 18.5. The highest BCUT2D eigenvalue weighted by atomic mass is 16.5. The van der Waals surface area contributed by atoms with Crippen LogP contribution in [0.1, 0.15) is 51.4 Å². The van der Waals surface area contributed by atoms with E-state index in [9.17, 15) is 9.59 Å². The minimum atomic E-state index is -0.223. The monoisotopic (exact) mass is 434 g/mol. The van der Waals surface area contributed by atoms with Crippen LogP contribution in [0.4, 0.5) is 0 Å². The van der Waals surface area contributed by atoms with E-state index in [1.807, 2.05) is 39.1 Å². The van der Waals surface area contributed by atoms with Gasteiger partial charge in [0.15, 0.2) is 17.2 Å². The molecule has 0 radical (unpaired) electrons. The highest BCUT2D eigenvalue weighted by molar-refractivity contribution is 6.00. The number of fused-ring (bicyclic) bond motifs is 1. The highest BCUT2D eigenvalue weighted by Crippen LogP contribution is 2.34. The molecule has 0 saturated carbocycles. The Morgan fingerprint density at radius 1 is 1.19 bits per heavy atom. The Labute approximate surface area is 186 Å². The van der Waals surface area contributed by atoms with Crippen molar-refractivity contribution in [1.29, 1.82) is 0 Å². The van der Waals surface area contributed by atoms with Crippen LogP contribution < -0.4 is 4.74 Å². The lowest BCUT2D eigenvalue weighted by Gasteiger charge is -2.38. The molecule has 2 aromatic heterocycles. The summed E-state index contributed by atoms with van der Waals surface area (Å²) in [6, 6.07) is 7.39. The van der Waals surface area contributed by atoms with Crippen molar-refractivity contribution in [3.8, 4) is 17.1 Å². The molecule has 0 spiro atoms. The van der Waals surface area contributed by atoms with Gasteiger partial charge in [0.25, 0.3) is 5.91 Å². The van der Waals surface area contributed by atoms with E-state index in [0.29, 0.717) is 36.6 Å². The third-order valence-corrected chi connectivity index (χ3v) is 6.60. The number of hydrogen-bond acceptors (Lipinski definition) is 6. The van der Waals surface area contributed by atoms with Gasteiger partial charge in [-0.2, -0.15) is 5.10 Å². The van der Waals surface area contributed by atoms with Gasteiger partial charge >= 0.3 is 0 Å². The Balaban J connectivity index is 1.30. The highest BCUT2D eigenvalue weighted by Gasteiger charge is 2.36. The average molecular weight is 434 g/mol. The molecule has 3 aromatic rings. The molecule has 166 valence electrons. The lowest BCUT2D eigenvalue weighted by atomic mass is 9.86. The topological polar surface area (TPSA) is 90.5 Å². The number of carbonyl (C=O) groups excluding carboxylic acids is 2. The van der Waals surface area contributed by atoms with Gasteiger partial charge in [0, 0.05) is 44.2 Å². The minimum Gasteiger partial charge on any atom is -0.489 e. The molecular formula is C24H26N4O4. The second-order valence-corrected chi connectivity index (χ2v) is 8.78. The van der Waals surface area contributed by atoms with Crippen LogP contribution in [0.25, 0.3) is 11.3 Å². The van der Waals surface area contributed by atoms with E-state index in [1.54, 1.807) is 21.8 Å². The van der Waals surface area contributed by atoms with Crippen LogP contribution in [-0.4, -0.2) is 50.7 Å². The fourth-order valence-electron chi connectivity index (χ4n) is 4.63. The first-order chi connectivity index (χ1) is 15.4. The molecular weight excluding hydrogens is 408 g/mol. The van der Waals surface area contributed by atoms with Gasteiger partial charge in [0.05, 0.1) is 17.3 Å². The molecule has 8 nitrogen and oxygen atoms in total. The van der Waals surface area contributed by atoms with E-state index in [2.05, 4.69) is 10.3 Å². The standard InChI is InChI=1S/C24H26N4O4/c1-14-6-7-21-17(9-14)20(29)11-22(31-21)16-5-4-8-28(13-16)24(30)19-10-23(32-26-19)18-12-25-27(3)15(18)2/h6-7,9-10,12,16,22H,4-5,8,11,13H2,1-3H3/t16-,22+/m0/s1. The van der Waals surface area contributed by atoms with Gasteiger partial charge in [-0.25, -0.2) is 0 Å². The quantitative estimate of drug-likeness (QED) is 0.626. The molecule has 1 aromatic carbocycles. The number of amides is 1. The molecule has 0 aliphatic carbocycles. The van der Waals surface area contributed by atoms with E-state index >= 15 is 0 Å². The summed E-state index contributed by atoms with van der Waals surface area (Å²) in [7, 11) is 1.85. The number of Topliss-reactive ketones (excluding diaryl/α,β-unsaturated/α-hetero) is 1. The Morgan fingerprint density at radius 2 is 2.03 bits per heavy atom. The predicted molar refractivity (Wildman–Crippen MR) is 117 cm³/mol. The molecule has 2 aliphatic heterocycles. The number of ketones is 1. The number of likely N-dealkylation sites (tertiary alicyclic amines) is 1. The first kappa shape index (κ1) is 20.5. The molecule has 1 fully saturated rings. The SMILES string of the molecule is Cc1ccc2c(c1)C(=O)C[C@H]([C@H]1CCCN(C(=O)c3cc(-c4cnn(C)c4C)on3)C1)O2. The largest absolute Gasteiger partial charge is 0.489 e. The van der Waals surface area contributed by atoms with Crippen LogP contribution in [0.3, 0.4) is 0 Å². The molecule has 2 aliphatic rings. The zero-order valence-electron chi connectivity index (χ0n) is 18.5. The number of nitrogens with zero attached hydrogens (tertiary/aromatic N) is 4. The number of rotatable bonds is 3. The van der Waals surface area contributed by atoms with Crippen LogP contribution in [0.15, 0.2) is 35.0 Å². The molecule has 32 heavy (non-hydrogen) atoms. The van der Waals surface area contributed by atoms with Crippen molar-refractivity contribution in [1.82, 2.24) is 19.8 Å². The lowest BCUT2D eigenvalue weighted by molar-refractivity contribution is 0.0403. The zero-order chi connectivity index (χ0) is 22.4. The van der Waals surface area contributed by atoms with E-state index in [0.717, 1.165) is 29.7 Å². The van der Waals surface area contributed by atoms with Crippen molar-refractivity contribution in [3.05, 3.63) is 53.0 Å². The maximum atomic E-state index is 13.1.